The van der Waals surface area contributed by atoms with E-state index in [1.807, 2.05) is 20.8 Å². The fraction of sp³-hybridized carbons (Fsp3) is 0.286. The van der Waals surface area contributed by atoms with Crippen LogP contribution < -0.4 is 5.32 Å². The van der Waals surface area contributed by atoms with Crippen molar-refractivity contribution in [3.05, 3.63) is 58.1 Å². The van der Waals surface area contributed by atoms with Gasteiger partial charge in [0.15, 0.2) is 0 Å². The smallest absolute Gasteiger partial charge is 0.338 e. The molecule has 0 spiro atoms. The van der Waals surface area contributed by atoms with Gasteiger partial charge in [0.25, 0.3) is 0 Å². The average molecular weight is 426 g/mol. The first-order valence-corrected chi connectivity index (χ1v) is 10.3. The molecule has 9 heteroatoms. The van der Waals surface area contributed by atoms with Crippen LogP contribution in [-0.2, 0) is 9.53 Å². The average Bonchev–Trinajstić information content (AvgIpc) is 3.14. The molecule has 0 saturated carbocycles. The Morgan fingerprint density at radius 3 is 2.50 bits per heavy atom. The van der Waals surface area contributed by atoms with E-state index in [4.69, 9.17) is 4.74 Å². The number of hydrogen-bond acceptors (Lipinski definition) is 7. The van der Waals surface area contributed by atoms with Crippen LogP contribution >= 0.6 is 11.8 Å². The summed E-state index contributed by atoms with van der Waals surface area (Å²) in [4.78, 5) is 24.3. The van der Waals surface area contributed by atoms with Crippen molar-refractivity contribution in [3.63, 3.8) is 0 Å². The number of esters is 1. The molecule has 1 heterocycles. The van der Waals surface area contributed by atoms with E-state index in [0.29, 0.717) is 22.0 Å². The Kier molecular flexibility index (Phi) is 6.51. The van der Waals surface area contributed by atoms with E-state index in [0.717, 1.165) is 16.8 Å². The summed E-state index contributed by atoms with van der Waals surface area (Å²) < 4.78 is 6.43. The third-order valence-corrected chi connectivity index (χ3v) is 5.55. The van der Waals surface area contributed by atoms with Crippen LogP contribution in [-0.4, -0.2) is 44.9 Å². The Bertz CT molecular complexity index is 1090. The zero-order valence-electron chi connectivity index (χ0n) is 17.5. The highest BCUT2D eigenvalue weighted by atomic mass is 32.2. The minimum atomic E-state index is -0.444. The van der Waals surface area contributed by atoms with Crippen LogP contribution in [0.15, 0.2) is 35.5 Å². The third-order valence-electron chi connectivity index (χ3n) is 4.63. The lowest BCUT2D eigenvalue weighted by molar-refractivity contribution is -0.113. The Balaban J connectivity index is 1.74. The minimum absolute atomic E-state index is 0.117. The number of nitrogens with one attached hydrogen (secondary N) is 1. The highest BCUT2D eigenvalue weighted by Crippen LogP contribution is 2.25. The van der Waals surface area contributed by atoms with Crippen LogP contribution in [0, 0.1) is 27.7 Å². The topological polar surface area (TPSA) is 99.0 Å². The van der Waals surface area contributed by atoms with Gasteiger partial charge in [-0.3, -0.25) is 4.79 Å². The fourth-order valence-corrected chi connectivity index (χ4v) is 4.01. The second-order valence-corrected chi connectivity index (χ2v) is 7.87. The number of aromatic nitrogens is 4. The SMILES string of the molecule is COC(=O)c1cccc(NC(=O)CSc2nnnn2-c2c(C)cc(C)cc2C)c1C. The lowest BCUT2D eigenvalue weighted by Crippen LogP contribution is -2.16. The van der Waals surface area contributed by atoms with Crippen molar-refractivity contribution in [3.8, 4) is 5.69 Å². The maximum Gasteiger partial charge on any atom is 0.338 e. The molecule has 0 aliphatic heterocycles. The number of ether oxygens (including phenoxy) is 1. The van der Waals surface area contributed by atoms with Crippen LogP contribution in [0.25, 0.3) is 5.69 Å². The summed E-state index contributed by atoms with van der Waals surface area (Å²) in [6.07, 6.45) is 0. The van der Waals surface area contributed by atoms with E-state index in [1.54, 1.807) is 29.8 Å². The van der Waals surface area contributed by atoms with Crippen LogP contribution in [0.2, 0.25) is 0 Å². The molecule has 0 atom stereocenters. The van der Waals surface area contributed by atoms with Gasteiger partial charge in [0.05, 0.1) is 24.1 Å². The molecule has 8 nitrogen and oxygen atoms in total. The molecule has 0 unspecified atom stereocenters. The third kappa shape index (κ3) is 4.51. The molecule has 30 heavy (non-hydrogen) atoms. The van der Waals surface area contributed by atoms with Crippen molar-refractivity contribution >= 4 is 29.3 Å². The molecule has 3 rings (SSSR count). The molecule has 0 aliphatic carbocycles. The molecule has 0 saturated heterocycles. The fourth-order valence-electron chi connectivity index (χ4n) is 3.33. The van der Waals surface area contributed by atoms with Crippen molar-refractivity contribution < 1.29 is 14.3 Å². The summed E-state index contributed by atoms with van der Waals surface area (Å²) in [7, 11) is 1.32. The number of benzene rings is 2. The molecular weight excluding hydrogens is 402 g/mol. The number of methoxy groups -OCH3 is 1. The van der Waals surface area contributed by atoms with Crippen molar-refractivity contribution in [1.29, 1.82) is 0 Å². The van der Waals surface area contributed by atoms with Gasteiger partial charge in [0.1, 0.15) is 0 Å². The van der Waals surface area contributed by atoms with Gasteiger partial charge in [-0.15, -0.1) is 5.10 Å². The zero-order chi connectivity index (χ0) is 21.8. The summed E-state index contributed by atoms with van der Waals surface area (Å²) in [6.45, 7) is 7.82. The largest absolute Gasteiger partial charge is 0.465 e. The van der Waals surface area contributed by atoms with Gasteiger partial charge in [-0.2, -0.15) is 4.68 Å². The number of hydrogen-bond donors (Lipinski definition) is 1. The van der Waals surface area contributed by atoms with Crippen molar-refractivity contribution in [2.75, 3.05) is 18.2 Å². The molecule has 1 N–H and O–H groups in total. The van der Waals surface area contributed by atoms with Gasteiger partial charge < -0.3 is 10.1 Å². The molecular formula is C21H23N5O3S. The van der Waals surface area contributed by atoms with Crippen LogP contribution in [0.3, 0.4) is 0 Å². The van der Waals surface area contributed by atoms with Crippen molar-refractivity contribution in [2.24, 2.45) is 0 Å². The standard InChI is InChI=1S/C21H23N5O3S/c1-12-9-13(2)19(14(3)10-12)26-21(23-24-25-26)30-11-18(27)22-17-8-6-7-16(15(17)4)20(28)29-5/h6-10H,11H2,1-5H3,(H,22,27). The normalized spacial score (nSPS) is 10.7. The second-order valence-electron chi connectivity index (χ2n) is 6.93. The van der Waals surface area contributed by atoms with Gasteiger partial charge in [-0.1, -0.05) is 35.5 Å². The first kappa shape index (κ1) is 21.5. The molecule has 1 amide bonds. The maximum absolute atomic E-state index is 12.5. The van der Waals surface area contributed by atoms with Gasteiger partial charge >= 0.3 is 5.97 Å². The Labute approximate surface area is 179 Å². The van der Waals surface area contributed by atoms with Crippen LogP contribution in [0.1, 0.15) is 32.6 Å². The number of anilines is 1. The Morgan fingerprint density at radius 2 is 1.83 bits per heavy atom. The molecule has 2 aromatic carbocycles. The quantitative estimate of drug-likeness (QED) is 0.477. The van der Waals surface area contributed by atoms with Crippen LogP contribution in [0.5, 0.6) is 0 Å². The second kappa shape index (κ2) is 9.08. The number of aryl methyl sites for hydroxylation is 3. The van der Waals surface area contributed by atoms with Crippen LogP contribution in [0.4, 0.5) is 5.69 Å². The summed E-state index contributed by atoms with van der Waals surface area (Å²) in [6, 6.07) is 9.25. The number of nitrogens with zero attached hydrogens (tertiary/aromatic N) is 4. The van der Waals surface area contributed by atoms with Crippen molar-refractivity contribution in [2.45, 2.75) is 32.9 Å². The summed E-state index contributed by atoms with van der Waals surface area (Å²) >= 11 is 1.24. The molecule has 0 aliphatic rings. The molecule has 156 valence electrons. The lowest BCUT2D eigenvalue weighted by Gasteiger charge is -2.13. The minimum Gasteiger partial charge on any atom is -0.465 e. The van der Waals surface area contributed by atoms with E-state index in [-0.39, 0.29) is 11.7 Å². The number of carbonyl (C=O) groups excluding carboxylic acids is 2. The molecule has 3 aromatic rings. The first-order valence-electron chi connectivity index (χ1n) is 9.29. The van der Waals surface area contributed by atoms with E-state index >= 15 is 0 Å². The monoisotopic (exact) mass is 425 g/mol. The van der Waals surface area contributed by atoms with Gasteiger partial charge in [-0.25, -0.2) is 4.79 Å². The summed E-state index contributed by atoms with van der Waals surface area (Å²) in [5.41, 5.74) is 5.82. The number of thioether (sulfide) groups is 1. The van der Waals surface area contributed by atoms with Crippen molar-refractivity contribution in [1.82, 2.24) is 20.2 Å². The first-order chi connectivity index (χ1) is 14.3. The number of rotatable bonds is 6. The van der Waals surface area contributed by atoms with Gasteiger partial charge in [-0.05, 0) is 66.9 Å². The van der Waals surface area contributed by atoms with E-state index < -0.39 is 5.97 Å². The highest BCUT2D eigenvalue weighted by Gasteiger charge is 2.17. The molecule has 0 bridgehead atoms. The predicted octanol–water partition coefficient (Wildman–Crippen LogP) is 3.41. The Morgan fingerprint density at radius 1 is 1.13 bits per heavy atom. The number of tetrazole rings is 1. The van der Waals surface area contributed by atoms with E-state index in [9.17, 15) is 9.59 Å². The zero-order valence-corrected chi connectivity index (χ0v) is 18.3. The summed E-state index contributed by atoms with van der Waals surface area (Å²) in [5, 5.41) is 15.3. The van der Waals surface area contributed by atoms with Gasteiger partial charge in [0.2, 0.25) is 11.1 Å². The lowest BCUT2D eigenvalue weighted by atomic mass is 10.1. The van der Waals surface area contributed by atoms with E-state index in [2.05, 4.69) is 33.0 Å². The van der Waals surface area contributed by atoms with E-state index in [1.165, 1.54) is 24.4 Å². The molecule has 0 radical (unpaired) electrons. The molecule has 1 aromatic heterocycles. The maximum atomic E-state index is 12.5. The summed E-state index contributed by atoms with van der Waals surface area (Å²) in [5.74, 6) is -0.551. The Hall–Kier alpha value is -3.20. The number of carbonyl (C=O) groups is 2. The predicted molar refractivity (Wildman–Crippen MR) is 115 cm³/mol. The van der Waals surface area contributed by atoms with Gasteiger partial charge in [0, 0.05) is 5.69 Å². The molecule has 0 fully saturated rings. The highest BCUT2D eigenvalue weighted by molar-refractivity contribution is 7.99. The number of amides is 1.